The summed E-state index contributed by atoms with van der Waals surface area (Å²) in [6.45, 7) is 6.92. The minimum Gasteiger partial charge on any atom is -0.374 e. The normalized spacial score (nSPS) is 15.1. The van der Waals surface area contributed by atoms with E-state index < -0.39 is 5.72 Å². The van der Waals surface area contributed by atoms with Gasteiger partial charge < -0.3 is 15.6 Å². The van der Waals surface area contributed by atoms with E-state index in [1.165, 1.54) is 83.5 Å². The van der Waals surface area contributed by atoms with Crippen LogP contribution in [0.2, 0.25) is 0 Å². The summed E-state index contributed by atoms with van der Waals surface area (Å²) in [6.07, 6.45) is 21.2. The van der Waals surface area contributed by atoms with Crippen LogP contribution >= 0.6 is 0 Å². The fourth-order valence-corrected chi connectivity index (χ4v) is 3.76. The van der Waals surface area contributed by atoms with Gasteiger partial charge in [0.2, 0.25) is 0 Å². The molecule has 0 radical (unpaired) electrons. The molecule has 0 aliphatic rings. The van der Waals surface area contributed by atoms with Crippen LogP contribution in [0.5, 0.6) is 0 Å². The number of hydrogen-bond donors (Lipinski definition) is 2. The summed E-state index contributed by atoms with van der Waals surface area (Å²) in [5, 5.41) is 10.4. The molecule has 0 fully saturated rings. The smallest absolute Gasteiger partial charge is 0.139 e. The average molecular weight is 372 g/mol. The lowest BCUT2D eigenvalue weighted by Crippen LogP contribution is -2.52. The van der Waals surface area contributed by atoms with Crippen molar-refractivity contribution in [2.24, 2.45) is 5.73 Å². The summed E-state index contributed by atoms with van der Waals surface area (Å²) in [5.41, 5.74) is 4.88. The van der Waals surface area contributed by atoms with Gasteiger partial charge in [-0.3, -0.25) is 0 Å². The molecule has 3 heteroatoms. The molecular weight excluding hydrogens is 322 g/mol. The fourth-order valence-electron chi connectivity index (χ4n) is 3.76. The van der Waals surface area contributed by atoms with E-state index in [0.717, 1.165) is 19.3 Å². The Morgan fingerprint density at radius 3 is 1.50 bits per heavy atom. The molecular formula is C23H49NO2. The van der Waals surface area contributed by atoms with Crippen molar-refractivity contribution < 1.29 is 9.84 Å². The Morgan fingerprint density at radius 2 is 1.12 bits per heavy atom. The van der Waals surface area contributed by atoms with E-state index >= 15 is 0 Å². The Morgan fingerprint density at radius 1 is 0.692 bits per heavy atom. The van der Waals surface area contributed by atoms with Crippen molar-refractivity contribution in [3.63, 3.8) is 0 Å². The third kappa shape index (κ3) is 15.0. The van der Waals surface area contributed by atoms with Crippen LogP contribution in [-0.2, 0) is 4.74 Å². The van der Waals surface area contributed by atoms with Crippen molar-refractivity contribution in [1.29, 1.82) is 0 Å². The predicted octanol–water partition coefficient (Wildman–Crippen LogP) is 6.71. The average Bonchev–Trinajstić information content (AvgIpc) is 2.61. The molecule has 3 nitrogen and oxygen atoms in total. The summed E-state index contributed by atoms with van der Waals surface area (Å²) < 4.78 is 5.70. The molecule has 0 aromatic rings. The van der Waals surface area contributed by atoms with E-state index in [0.29, 0.717) is 13.0 Å². The van der Waals surface area contributed by atoms with Gasteiger partial charge in [0.15, 0.2) is 0 Å². The lowest BCUT2D eigenvalue weighted by atomic mass is 9.96. The maximum Gasteiger partial charge on any atom is 0.139 e. The van der Waals surface area contributed by atoms with E-state index in [4.69, 9.17) is 10.5 Å². The van der Waals surface area contributed by atoms with Gasteiger partial charge in [0.1, 0.15) is 5.72 Å². The Balaban J connectivity index is 3.48. The summed E-state index contributed by atoms with van der Waals surface area (Å²) in [7, 11) is 0. The van der Waals surface area contributed by atoms with Gasteiger partial charge in [-0.2, -0.15) is 0 Å². The van der Waals surface area contributed by atoms with Crippen molar-refractivity contribution in [3.05, 3.63) is 0 Å². The van der Waals surface area contributed by atoms with Gasteiger partial charge in [0, 0.05) is 6.61 Å². The summed E-state index contributed by atoms with van der Waals surface area (Å²) in [6, 6.07) is 0. The first-order valence-electron chi connectivity index (χ1n) is 11.7. The van der Waals surface area contributed by atoms with E-state index in [-0.39, 0.29) is 6.10 Å². The van der Waals surface area contributed by atoms with Crippen molar-refractivity contribution >= 4 is 0 Å². The van der Waals surface area contributed by atoms with Crippen molar-refractivity contribution in [1.82, 2.24) is 0 Å². The molecule has 0 saturated carbocycles. The maximum absolute atomic E-state index is 10.4. The molecule has 158 valence electrons. The number of aliphatic hydroxyl groups is 1. The number of nitrogens with two attached hydrogens (primary N) is 1. The molecule has 0 aromatic heterocycles. The summed E-state index contributed by atoms with van der Waals surface area (Å²) in [5.74, 6) is 0. The van der Waals surface area contributed by atoms with E-state index in [2.05, 4.69) is 6.92 Å². The molecule has 0 rings (SSSR count). The van der Waals surface area contributed by atoms with Gasteiger partial charge in [-0.15, -0.1) is 0 Å². The summed E-state index contributed by atoms with van der Waals surface area (Å²) in [4.78, 5) is 0. The van der Waals surface area contributed by atoms with Gasteiger partial charge in [0.05, 0.1) is 6.10 Å². The van der Waals surface area contributed by atoms with Gasteiger partial charge in [-0.25, -0.2) is 0 Å². The quantitative estimate of drug-likeness (QED) is 0.185. The first kappa shape index (κ1) is 25.9. The van der Waals surface area contributed by atoms with Crippen molar-refractivity contribution in [2.45, 2.75) is 142 Å². The predicted molar refractivity (Wildman–Crippen MR) is 114 cm³/mol. The zero-order valence-electron chi connectivity index (χ0n) is 18.2. The number of rotatable bonds is 20. The SMILES string of the molecule is CCCCCCCCCCCCCCCCC(OCC)C(N)(O)CCC. The molecule has 0 aliphatic heterocycles. The second-order valence-electron chi connectivity index (χ2n) is 8.07. The summed E-state index contributed by atoms with van der Waals surface area (Å²) >= 11 is 0. The Labute approximate surface area is 164 Å². The highest BCUT2D eigenvalue weighted by Gasteiger charge is 2.31. The Hall–Kier alpha value is -0.120. The molecule has 0 spiro atoms. The van der Waals surface area contributed by atoms with Crippen molar-refractivity contribution in [3.8, 4) is 0 Å². The van der Waals surface area contributed by atoms with Gasteiger partial charge in [0.25, 0.3) is 0 Å². The third-order valence-electron chi connectivity index (χ3n) is 5.40. The van der Waals surface area contributed by atoms with E-state index in [9.17, 15) is 5.11 Å². The lowest BCUT2D eigenvalue weighted by Gasteiger charge is -2.32. The fraction of sp³-hybridized carbons (Fsp3) is 1.00. The molecule has 0 bridgehead atoms. The van der Waals surface area contributed by atoms with Crippen LogP contribution in [0.25, 0.3) is 0 Å². The zero-order chi connectivity index (χ0) is 19.5. The van der Waals surface area contributed by atoms with Crippen LogP contribution in [0.3, 0.4) is 0 Å². The van der Waals surface area contributed by atoms with Gasteiger partial charge >= 0.3 is 0 Å². The van der Waals surface area contributed by atoms with E-state index in [1.807, 2.05) is 13.8 Å². The molecule has 3 N–H and O–H groups in total. The second kappa shape index (κ2) is 18.3. The Kier molecular flexibility index (Phi) is 18.2. The largest absolute Gasteiger partial charge is 0.374 e. The molecule has 0 heterocycles. The molecule has 0 saturated heterocycles. The standard InChI is InChI=1S/C23H49NO2/c1-4-7-8-9-10-11-12-13-14-15-16-17-18-19-20-22(26-6-3)23(24,25)21-5-2/h22,25H,4-21,24H2,1-3H3. The first-order valence-corrected chi connectivity index (χ1v) is 11.7. The van der Waals surface area contributed by atoms with Crippen molar-refractivity contribution in [2.75, 3.05) is 6.61 Å². The highest BCUT2D eigenvalue weighted by molar-refractivity contribution is 4.81. The number of hydrogen-bond acceptors (Lipinski definition) is 3. The van der Waals surface area contributed by atoms with Gasteiger partial charge in [-0.1, -0.05) is 110 Å². The molecule has 0 aromatic carbocycles. The monoisotopic (exact) mass is 371 g/mol. The van der Waals surface area contributed by atoms with Gasteiger partial charge in [-0.05, 0) is 19.8 Å². The zero-order valence-corrected chi connectivity index (χ0v) is 18.2. The molecule has 2 atom stereocenters. The topological polar surface area (TPSA) is 55.5 Å². The number of ether oxygens (including phenoxy) is 1. The highest BCUT2D eigenvalue weighted by Crippen LogP contribution is 2.21. The molecule has 2 unspecified atom stereocenters. The third-order valence-corrected chi connectivity index (χ3v) is 5.40. The first-order chi connectivity index (χ1) is 12.6. The van der Waals surface area contributed by atoms with Crippen LogP contribution in [-0.4, -0.2) is 23.5 Å². The minimum atomic E-state index is -1.17. The lowest BCUT2D eigenvalue weighted by molar-refractivity contribution is -0.111. The molecule has 26 heavy (non-hydrogen) atoms. The van der Waals surface area contributed by atoms with Crippen LogP contribution in [0.4, 0.5) is 0 Å². The second-order valence-corrected chi connectivity index (χ2v) is 8.07. The van der Waals surface area contributed by atoms with Crippen LogP contribution in [0.1, 0.15) is 130 Å². The molecule has 0 amide bonds. The maximum atomic E-state index is 10.4. The number of unbranched alkanes of at least 4 members (excludes halogenated alkanes) is 13. The minimum absolute atomic E-state index is 0.218. The van der Waals surface area contributed by atoms with Crippen LogP contribution in [0, 0.1) is 0 Å². The van der Waals surface area contributed by atoms with Crippen LogP contribution < -0.4 is 5.73 Å². The van der Waals surface area contributed by atoms with Crippen LogP contribution in [0.15, 0.2) is 0 Å². The van der Waals surface area contributed by atoms with E-state index in [1.54, 1.807) is 0 Å². The highest BCUT2D eigenvalue weighted by atomic mass is 16.5. The molecule has 0 aliphatic carbocycles. The Bertz CT molecular complexity index is 281.